The summed E-state index contributed by atoms with van der Waals surface area (Å²) in [6.45, 7) is 3.20. The number of carbonyl (C=O) groups is 1. The summed E-state index contributed by atoms with van der Waals surface area (Å²) in [5.41, 5.74) is 0.0747. The van der Waals surface area contributed by atoms with Gasteiger partial charge in [0, 0.05) is 0 Å². The van der Waals surface area contributed by atoms with E-state index in [0.717, 1.165) is 0 Å². The van der Waals surface area contributed by atoms with Crippen molar-refractivity contribution in [1.82, 2.24) is 0 Å². The van der Waals surface area contributed by atoms with Crippen LogP contribution in [0.5, 0.6) is 0 Å². The van der Waals surface area contributed by atoms with Gasteiger partial charge in [-0.15, -0.1) is 0 Å². The van der Waals surface area contributed by atoms with E-state index in [1.165, 1.54) is 24.3 Å². The molecule has 1 aromatic rings. The third kappa shape index (κ3) is 4.39. The van der Waals surface area contributed by atoms with Gasteiger partial charge >= 0.3 is 12.1 Å². The maximum atomic E-state index is 12.9. The quantitative estimate of drug-likeness (QED) is 0.772. The molecular weight excluding hydrogens is 245 g/mol. The zero-order valence-electron chi connectivity index (χ0n) is 10.2. The van der Waals surface area contributed by atoms with Crippen molar-refractivity contribution in [3.8, 4) is 0 Å². The Hall–Kier alpha value is -1.52. The lowest BCUT2D eigenvalue weighted by Crippen LogP contribution is -2.25. The normalized spacial score (nSPS) is 13.4. The summed E-state index contributed by atoms with van der Waals surface area (Å²) < 4.78 is 43.4. The van der Waals surface area contributed by atoms with Gasteiger partial charge in [0.15, 0.2) is 0 Å². The highest BCUT2D eigenvalue weighted by molar-refractivity contribution is 5.71. The van der Waals surface area contributed by atoms with Gasteiger partial charge in [-0.05, 0) is 19.4 Å². The van der Waals surface area contributed by atoms with E-state index in [-0.39, 0.29) is 5.56 Å². The third-order valence-electron chi connectivity index (χ3n) is 2.33. The van der Waals surface area contributed by atoms with Crippen LogP contribution in [0.2, 0.25) is 0 Å². The Morgan fingerprint density at radius 3 is 2.22 bits per heavy atom. The number of ether oxygens (including phenoxy) is 1. The van der Waals surface area contributed by atoms with Crippen LogP contribution in [-0.4, -0.2) is 18.2 Å². The van der Waals surface area contributed by atoms with Gasteiger partial charge in [0.25, 0.3) is 0 Å². The average Bonchev–Trinajstić information content (AvgIpc) is 2.24. The van der Waals surface area contributed by atoms with E-state index in [4.69, 9.17) is 4.74 Å². The molecule has 0 unspecified atom stereocenters. The molecule has 0 aliphatic rings. The Morgan fingerprint density at radius 1 is 1.22 bits per heavy atom. The number of halogens is 3. The molecule has 100 valence electrons. The van der Waals surface area contributed by atoms with Crippen LogP contribution in [0, 0.1) is 0 Å². The lowest BCUT2D eigenvalue weighted by Gasteiger charge is -2.20. The van der Waals surface area contributed by atoms with Crippen molar-refractivity contribution < 1.29 is 22.7 Å². The van der Waals surface area contributed by atoms with Gasteiger partial charge in [0.1, 0.15) is 0 Å². The van der Waals surface area contributed by atoms with E-state index in [1.54, 1.807) is 19.9 Å². The van der Waals surface area contributed by atoms with E-state index >= 15 is 0 Å². The van der Waals surface area contributed by atoms with Crippen LogP contribution in [-0.2, 0) is 9.53 Å². The van der Waals surface area contributed by atoms with Crippen LogP contribution in [0.25, 0.3) is 0 Å². The fourth-order valence-corrected chi connectivity index (χ4v) is 1.59. The summed E-state index contributed by atoms with van der Waals surface area (Å²) in [4.78, 5) is 11.4. The number of hydrogen-bond donors (Lipinski definition) is 0. The number of carbonyl (C=O) groups excluding carboxylic acids is 1. The Morgan fingerprint density at radius 2 is 1.78 bits per heavy atom. The van der Waals surface area contributed by atoms with E-state index < -0.39 is 30.6 Å². The maximum absolute atomic E-state index is 12.9. The van der Waals surface area contributed by atoms with E-state index in [1.807, 2.05) is 0 Å². The first-order valence-electron chi connectivity index (χ1n) is 5.62. The molecule has 0 aliphatic heterocycles. The number of hydrogen-bond acceptors (Lipinski definition) is 2. The lowest BCUT2D eigenvalue weighted by molar-refractivity contribution is -0.168. The van der Waals surface area contributed by atoms with Crippen LogP contribution in [0.4, 0.5) is 13.2 Å². The van der Waals surface area contributed by atoms with Crippen LogP contribution < -0.4 is 0 Å². The molecule has 5 heteroatoms. The average molecular weight is 260 g/mol. The predicted octanol–water partition coefficient (Wildman–Crippen LogP) is 3.67. The van der Waals surface area contributed by atoms with Crippen LogP contribution >= 0.6 is 0 Å². The van der Waals surface area contributed by atoms with Crippen molar-refractivity contribution in [1.29, 1.82) is 0 Å². The molecule has 2 nitrogen and oxygen atoms in total. The first-order chi connectivity index (χ1) is 8.30. The van der Waals surface area contributed by atoms with Gasteiger partial charge in [0.05, 0.1) is 18.4 Å². The number of esters is 1. The number of alkyl halides is 3. The molecule has 0 spiro atoms. The monoisotopic (exact) mass is 260 g/mol. The van der Waals surface area contributed by atoms with Gasteiger partial charge in [-0.25, -0.2) is 0 Å². The van der Waals surface area contributed by atoms with Gasteiger partial charge in [0.2, 0.25) is 0 Å². The summed E-state index contributed by atoms with van der Waals surface area (Å²) in [6.07, 6.45) is -5.56. The summed E-state index contributed by atoms with van der Waals surface area (Å²) in [7, 11) is 0. The number of rotatable bonds is 4. The minimum atomic E-state index is -4.46. The van der Waals surface area contributed by atoms with Gasteiger partial charge in [-0.2, -0.15) is 13.2 Å². The first kappa shape index (κ1) is 14.5. The molecule has 18 heavy (non-hydrogen) atoms. The van der Waals surface area contributed by atoms with Gasteiger partial charge < -0.3 is 4.74 Å². The van der Waals surface area contributed by atoms with Crippen molar-refractivity contribution in [3.05, 3.63) is 35.9 Å². The second kappa shape index (κ2) is 5.89. The standard InChI is InChI=1S/C13H15F3O2/c1-9(2)18-12(17)8-11(13(14,15)16)10-6-4-3-5-7-10/h3-7,9,11H,8H2,1-2H3/t11-/m0/s1. The molecular formula is C13H15F3O2. The molecule has 0 radical (unpaired) electrons. The van der Waals surface area contributed by atoms with Crippen LogP contribution in [0.3, 0.4) is 0 Å². The highest BCUT2D eigenvalue weighted by atomic mass is 19.4. The zero-order chi connectivity index (χ0) is 13.8. The van der Waals surface area contributed by atoms with Crippen molar-refractivity contribution in [3.63, 3.8) is 0 Å². The van der Waals surface area contributed by atoms with E-state index in [2.05, 4.69) is 0 Å². The summed E-state index contributed by atoms with van der Waals surface area (Å²) in [5, 5.41) is 0. The summed E-state index contributed by atoms with van der Waals surface area (Å²) in [6, 6.07) is 7.38. The molecule has 0 aromatic heterocycles. The molecule has 0 fully saturated rings. The zero-order valence-corrected chi connectivity index (χ0v) is 10.2. The Kier molecular flexibility index (Phi) is 4.76. The Bertz CT molecular complexity index is 385. The van der Waals surface area contributed by atoms with Crippen molar-refractivity contribution >= 4 is 5.97 Å². The highest BCUT2D eigenvalue weighted by Gasteiger charge is 2.42. The summed E-state index contributed by atoms with van der Waals surface area (Å²) >= 11 is 0. The number of benzene rings is 1. The van der Waals surface area contributed by atoms with Gasteiger partial charge in [-0.1, -0.05) is 30.3 Å². The van der Waals surface area contributed by atoms with Crippen LogP contribution in [0.15, 0.2) is 30.3 Å². The van der Waals surface area contributed by atoms with Crippen molar-refractivity contribution in [2.75, 3.05) is 0 Å². The molecule has 0 N–H and O–H groups in total. The fraction of sp³-hybridized carbons (Fsp3) is 0.462. The molecule has 0 amide bonds. The fourth-order valence-electron chi connectivity index (χ4n) is 1.59. The maximum Gasteiger partial charge on any atom is 0.396 e. The van der Waals surface area contributed by atoms with E-state index in [0.29, 0.717) is 0 Å². The molecule has 0 heterocycles. The van der Waals surface area contributed by atoms with Crippen molar-refractivity contribution in [2.45, 2.75) is 38.5 Å². The Labute approximate surface area is 104 Å². The molecule has 0 aliphatic carbocycles. The topological polar surface area (TPSA) is 26.3 Å². The third-order valence-corrected chi connectivity index (χ3v) is 2.33. The second-order valence-corrected chi connectivity index (χ2v) is 4.25. The minimum Gasteiger partial charge on any atom is -0.463 e. The second-order valence-electron chi connectivity index (χ2n) is 4.25. The summed E-state index contributed by atoms with van der Waals surface area (Å²) in [5.74, 6) is -2.65. The minimum absolute atomic E-state index is 0.0747. The lowest BCUT2D eigenvalue weighted by atomic mass is 9.95. The molecule has 0 saturated carbocycles. The Balaban J connectivity index is 2.85. The van der Waals surface area contributed by atoms with E-state index in [9.17, 15) is 18.0 Å². The SMILES string of the molecule is CC(C)OC(=O)C[C@@H](c1ccccc1)C(F)(F)F. The van der Waals surface area contributed by atoms with Gasteiger partial charge in [-0.3, -0.25) is 4.79 Å². The molecule has 1 aromatic carbocycles. The molecule has 1 atom stereocenters. The first-order valence-corrected chi connectivity index (χ1v) is 5.62. The molecule has 0 saturated heterocycles. The van der Waals surface area contributed by atoms with Crippen LogP contribution in [0.1, 0.15) is 31.7 Å². The molecule has 1 rings (SSSR count). The predicted molar refractivity (Wildman–Crippen MR) is 61.1 cm³/mol. The van der Waals surface area contributed by atoms with Crippen molar-refractivity contribution in [2.24, 2.45) is 0 Å². The molecule has 0 bridgehead atoms. The smallest absolute Gasteiger partial charge is 0.396 e. The highest BCUT2D eigenvalue weighted by Crippen LogP contribution is 2.37. The largest absolute Gasteiger partial charge is 0.463 e.